The van der Waals surface area contributed by atoms with Gasteiger partial charge in [0.05, 0.1) is 18.4 Å². The van der Waals surface area contributed by atoms with Crippen LogP contribution in [0.25, 0.3) is 0 Å². The van der Waals surface area contributed by atoms with Gasteiger partial charge in [-0.15, -0.1) is 0 Å². The van der Waals surface area contributed by atoms with Crippen molar-refractivity contribution in [3.8, 4) is 0 Å². The fourth-order valence-corrected chi connectivity index (χ4v) is 2.69. The Morgan fingerprint density at radius 2 is 1.57 bits per heavy atom. The van der Waals surface area contributed by atoms with Crippen LogP contribution >= 0.6 is 0 Å². The molecule has 1 heterocycles. The van der Waals surface area contributed by atoms with E-state index in [9.17, 15) is 9.59 Å². The summed E-state index contributed by atoms with van der Waals surface area (Å²) in [5, 5.41) is 5.86. The summed E-state index contributed by atoms with van der Waals surface area (Å²) >= 11 is 0. The quantitative estimate of drug-likeness (QED) is 0.657. The lowest BCUT2D eigenvalue weighted by Gasteiger charge is -2.10. The number of amides is 1. The first kappa shape index (κ1) is 19.0. The number of para-hydroxylation sites is 1. The molecule has 0 saturated heterocycles. The summed E-state index contributed by atoms with van der Waals surface area (Å²) in [4.78, 5) is 33.0. The third-order valence-corrected chi connectivity index (χ3v) is 3.97. The second-order valence-electron chi connectivity index (χ2n) is 6.17. The van der Waals surface area contributed by atoms with E-state index >= 15 is 0 Å². The molecular formula is C21H20N4O3. The number of anilines is 3. The van der Waals surface area contributed by atoms with Crippen molar-refractivity contribution in [2.75, 3.05) is 17.7 Å². The number of hydrogen-bond donors (Lipinski definition) is 2. The van der Waals surface area contributed by atoms with Gasteiger partial charge in [0, 0.05) is 22.6 Å². The summed E-state index contributed by atoms with van der Waals surface area (Å²) in [6.07, 6.45) is 0. The Kier molecular flexibility index (Phi) is 5.64. The normalized spacial score (nSPS) is 10.2. The molecule has 0 aliphatic rings. The molecule has 3 rings (SSSR count). The van der Waals surface area contributed by atoms with E-state index in [1.807, 2.05) is 19.9 Å². The van der Waals surface area contributed by atoms with E-state index in [0.29, 0.717) is 22.8 Å². The number of ether oxygens (including phenoxy) is 1. The average Bonchev–Trinajstić information content (AvgIpc) is 2.67. The Labute approximate surface area is 162 Å². The van der Waals surface area contributed by atoms with Crippen molar-refractivity contribution in [3.63, 3.8) is 0 Å². The zero-order chi connectivity index (χ0) is 20.1. The van der Waals surface area contributed by atoms with Crippen LogP contribution in [0.3, 0.4) is 0 Å². The van der Waals surface area contributed by atoms with Gasteiger partial charge >= 0.3 is 5.97 Å². The number of benzene rings is 2. The minimum atomic E-state index is -0.510. The first-order valence-corrected chi connectivity index (χ1v) is 8.64. The molecule has 7 nitrogen and oxygen atoms in total. The summed E-state index contributed by atoms with van der Waals surface area (Å²) in [6, 6.07) is 15.5. The fourth-order valence-electron chi connectivity index (χ4n) is 2.69. The summed E-state index contributed by atoms with van der Waals surface area (Å²) in [6.45, 7) is 3.80. The van der Waals surface area contributed by atoms with Gasteiger partial charge in [-0.1, -0.05) is 12.1 Å². The van der Waals surface area contributed by atoms with Gasteiger partial charge in [-0.05, 0) is 56.3 Å². The Hall–Kier alpha value is -3.74. The Morgan fingerprint density at radius 3 is 2.21 bits per heavy atom. The Morgan fingerprint density at radius 1 is 0.929 bits per heavy atom. The third kappa shape index (κ3) is 4.50. The molecule has 0 aliphatic carbocycles. The summed E-state index contributed by atoms with van der Waals surface area (Å²) in [5.74, 6) is -0.337. The van der Waals surface area contributed by atoms with Gasteiger partial charge in [0.15, 0.2) is 0 Å². The van der Waals surface area contributed by atoms with Crippen LogP contribution in [-0.4, -0.2) is 29.0 Å². The molecule has 3 aromatic rings. The zero-order valence-electron chi connectivity index (χ0n) is 15.8. The molecule has 0 saturated carbocycles. The predicted octanol–water partition coefficient (Wildman–Crippen LogP) is 3.88. The molecule has 1 amide bonds. The minimum Gasteiger partial charge on any atom is -0.465 e. The molecule has 7 heteroatoms. The number of hydrogen-bond acceptors (Lipinski definition) is 6. The number of nitrogens with zero attached hydrogens (tertiary/aromatic N) is 2. The molecule has 0 fully saturated rings. The standard InChI is InChI=1S/C21H20N4O3/c1-13-12-14(2)23-21(22-13)24-16-10-8-15(9-11-16)19(26)25-18-7-5-4-6-17(18)20(27)28-3/h4-12H,1-3H3,(H,25,26)(H,22,23,24). The average molecular weight is 376 g/mol. The number of nitrogens with one attached hydrogen (secondary N) is 2. The topological polar surface area (TPSA) is 93.2 Å². The lowest BCUT2D eigenvalue weighted by molar-refractivity contribution is 0.0602. The number of aryl methyl sites for hydroxylation is 2. The molecule has 28 heavy (non-hydrogen) atoms. The zero-order valence-corrected chi connectivity index (χ0v) is 15.8. The second kappa shape index (κ2) is 8.30. The first-order chi connectivity index (χ1) is 13.5. The van der Waals surface area contributed by atoms with Crippen molar-refractivity contribution in [3.05, 3.63) is 77.1 Å². The molecule has 0 bridgehead atoms. The van der Waals surface area contributed by atoms with Crippen LogP contribution < -0.4 is 10.6 Å². The lowest BCUT2D eigenvalue weighted by Crippen LogP contribution is -2.15. The van der Waals surface area contributed by atoms with Gasteiger partial charge < -0.3 is 15.4 Å². The molecule has 0 atom stereocenters. The maximum absolute atomic E-state index is 12.5. The fraction of sp³-hybridized carbons (Fsp3) is 0.143. The van der Waals surface area contributed by atoms with Crippen LogP contribution in [0.1, 0.15) is 32.1 Å². The first-order valence-electron chi connectivity index (χ1n) is 8.64. The van der Waals surface area contributed by atoms with Crippen molar-refractivity contribution in [1.29, 1.82) is 0 Å². The van der Waals surface area contributed by atoms with Gasteiger partial charge in [0.25, 0.3) is 5.91 Å². The number of methoxy groups -OCH3 is 1. The molecular weight excluding hydrogens is 356 g/mol. The molecule has 0 radical (unpaired) electrons. The molecule has 2 N–H and O–H groups in total. The van der Waals surface area contributed by atoms with Crippen molar-refractivity contribution < 1.29 is 14.3 Å². The summed E-state index contributed by atoms with van der Waals surface area (Å²) in [5.41, 5.74) is 3.64. The van der Waals surface area contributed by atoms with Crippen molar-refractivity contribution in [1.82, 2.24) is 9.97 Å². The highest BCUT2D eigenvalue weighted by atomic mass is 16.5. The van der Waals surface area contributed by atoms with Crippen LogP contribution in [0.15, 0.2) is 54.6 Å². The lowest BCUT2D eigenvalue weighted by atomic mass is 10.1. The molecule has 0 aliphatic heterocycles. The number of rotatable bonds is 5. The molecule has 0 unspecified atom stereocenters. The highest BCUT2D eigenvalue weighted by molar-refractivity contribution is 6.08. The maximum Gasteiger partial charge on any atom is 0.339 e. The van der Waals surface area contributed by atoms with Gasteiger partial charge in [-0.3, -0.25) is 4.79 Å². The van der Waals surface area contributed by atoms with Crippen molar-refractivity contribution >= 4 is 29.2 Å². The predicted molar refractivity (Wildman–Crippen MR) is 107 cm³/mol. The van der Waals surface area contributed by atoms with Crippen molar-refractivity contribution in [2.45, 2.75) is 13.8 Å². The monoisotopic (exact) mass is 376 g/mol. The summed E-state index contributed by atoms with van der Waals surface area (Å²) < 4.78 is 4.74. The van der Waals surface area contributed by atoms with Gasteiger partial charge in [-0.25, -0.2) is 14.8 Å². The smallest absolute Gasteiger partial charge is 0.339 e. The Balaban J connectivity index is 1.73. The van der Waals surface area contributed by atoms with Crippen molar-refractivity contribution in [2.24, 2.45) is 0 Å². The SMILES string of the molecule is COC(=O)c1ccccc1NC(=O)c1ccc(Nc2nc(C)cc(C)n2)cc1. The molecule has 0 spiro atoms. The van der Waals surface area contributed by atoms with Crippen LogP contribution in [-0.2, 0) is 4.74 Å². The van der Waals surface area contributed by atoms with E-state index in [4.69, 9.17) is 4.74 Å². The largest absolute Gasteiger partial charge is 0.465 e. The van der Waals surface area contributed by atoms with Gasteiger partial charge in [-0.2, -0.15) is 0 Å². The molecule has 2 aromatic carbocycles. The van der Waals surface area contributed by atoms with E-state index in [1.165, 1.54) is 7.11 Å². The van der Waals surface area contributed by atoms with Crippen LogP contribution in [0.4, 0.5) is 17.3 Å². The molecule has 142 valence electrons. The number of aromatic nitrogens is 2. The second-order valence-corrected chi connectivity index (χ2v) is 6.17. The number of esters is 1. The van der Waals surface area contributed by atoms with Gasteiger partial charge in [0.1, 0.15) is 0 Å². The van der Waals surface area contributed by atoms with E-state index < -0.39 is 5.97 Å². The maximum atomic E-state index is 12.5. The van der Waals surface area contributed by atoms with E-state index in [-0.39, 0.29) is 5.91 Å². The number of carbonyl (C=O) groups is 2. The highest BCUT2D eigenvalue weighted by Gasteiger charge is 2.14. The molecule has 1 aromatic heterocycles. The van der Waals surface area contributed by atoms with E-state index in [2.05, 4.69) is 20.6 Å². The third-order valence-electron chi connectivity index (χ3n) is 3.97. The van der Waals surface area contributed by atoms with Gasteiger partial charge in [0.2, 0.25) is 5.95 Å². The van der Waals surface area contributed by atoms with E-state index in [1.54, 1.807) is 48.5 Å². The number of carbonyl (C=O) groups excluding carboxylic acids is 2. The highest BCUT2D eigenvalue weighted by Crippen LogP contribution is 2.19. The summed E-state index contributed by atoms with van der Waals surface area (Å²) in [7, 11) is 1.30. The Bertz CT molecular complexity index is 996. The van der Waals surface area contributed by atoms with Crippen LogP contribution in [0.2, 0.25) is 0 Å². The van der Waals surface area contributed by atoms with Crippen LogP contribution in [0, 0.1) is 13.8 Å². The van der Waals surface area contributed by atoms with E-state index in [0.717, 1.165) is 17.1 Å². The minimum absolute atomic E-state index is 0.295. The van der Waals surface area contributed by atoms with Crippen LogP contribution in [0.5, 0.6) is 0 Å².